The topological polar surface area (TPSA) is 87.7 Å². The molecule has 2 aromatic rings. The smallest absolute Gasteiger partial charge is 0.255 e. The van der Waals surface area contributed by atoms with Gasteiger partial charge in [0.2, 0.25) is 10.0 Å². The molecule has 7 nitrogen and oxygen atoms in total. The third-order valence-electron chi connectivity index (χ3n) is 6.24. The number of methoxy groups -OCH3 is 1. The van der Waals surface area contributed by atoms with Crippen molar-refractivity contribution in [3.63, 3.8) is 0 Å². The molecule has 1 aliphatic carbocycles. The first-order valence-electron chi connectivity index (χ1n) is 11.3. The van der Waals surface area contributed by atoms with Gasteiger partial charge in [0.25, 0.3) is 5.91 Å². The van der Waals surface area contributed by atoms with E-state index in [4.69, 9.17) is 4.74 Å². The summed E-state index contributed by atoms with van der Waals surface area (Å²) in [7, 11) is -2.37. The number of nitrogens with one attached hydrogen (secondary N) is 2. The van der Waals surface area contributed by atoms with E-state index in [2.05, 4.69) is 14.9 Å². The van der Waals surface area contributed by atoms with Gasteiger partial charge in [-0.25, -0.2) is 13.1 Å². The molecule has 0 atom stereocenters. The Bertz CT molecular complexity index is 1060. The highest BCUT2D eigenvalue weighted by Crippen LogP contribution is 2.30. The molecule has 2 aliphatic rings. The molecule has 1 saturated carbocycles. The van der Waals surface area contributed by atoms with Crippen molar-refractivity contribution in [2.75, 3.05) is 30.4 Å². The van der Waals surface area contributed by atoms with Gasteiger partial charge >= 0.3 is 0 Å². The molecule has 2 N–H and O–H groups in total. The van der Waals surface area contributed by atoms with Gasteiger partial charge in [0.15, 0.2) is 0 Å². The zero-order chi connectivity index (χ0) is 22.6. The number of nitrogens with zero attached hydrogens (tertiary/aromatic N) is 1. The maximum absolute atomic E-state index is 13.1. The summed E-state index contributed by atoms with van der Waals surface area (Å²) in [4.78, 5) is 15.4. The van der Waals surface area contributed by atoms with E-state index >= 15 is 0 Å². The second kappa shape index (κ2) is 9.92. The quantitative estimate of drug-likeness (QED) is 0.652. The molecular weight excluding hydrogens is 426 g/mol. The number of carbonyl (C=O) groups excluding carboxylic acids is 1. The van der Waals surface area contributed by atoms with Gasteiger partial charge in [-0.05, 0) is 62.4 Å². The van der Waals surface area contributed by atoms with Crippen LogP contribution in [0.1, 0.15) is 55.3 Å². The molecule has 0 aromatic heterocycles. The third-order valence-corrected chi connectivity index (χ3v) is 7.78. The van der Waals surface area contributed by atoms with Crippen LogP contribution in [0.4, 0.5) is 11.4 Å². The van der Waals surface area contributed by atoms with Crippen LogP contribution in [-0.4, -0.2) is 40.6 Å². The number of piperidine rings is 1. The Kier molecular flexibility index (Phi) is 7.01. The fourth-order valence-corrected chi connectivity index (χ4v) is 6.04. The molecule has 8 heteroatoms. The van der Waals surface area contributed by atoms with E-state index in [0.717, 1.165) is 63.0 Å². The number of benzene rings is 2. The van der Waals surface area contributed by atoms with Crippen LogP contribution in [0.25, 0.3) is 0 Å². The first-order chi connectivity index (χ1) is 15.5. The van der Waals surface area contributed by atoms with Crippen molar-refractivity contribution in [3.8, 4) is 5.75 Å². The molecule has 0 radical (unpaired) electrons. The largest absolute Gasteiger partial charge is 0.495 e. The van der Waals surface area contributed by atoms with Crippen LogP contribution in [-0.2, 0) is 10.0 Å². The summed E-state index contributed by atoms with van der Waals surface area (Å²) in [5, 5.41) is 2.98. The third kappa shape index (κ3) is 5.07. The second-order valence-electron chi connectivity index (χ2n) is 8.49. The summed E-state index contributed by atoms with van der Waals surface area (Å²) in [5.74, 6) is -0.129. The lowest BCUT2D eigenvalue weighted by Gasteiger charge is -2.30. The summed E-state index contributed by atoms with van der Waals surface area (Å²) in [6, 6.07) is 12.2. The zero-order valence-corrected chi connectivity index (χ0v) is 19.3. The lowest BCUT2D eigenvalue weighted by atomic mass is 10.1. The predicted molar refractivity (Wildman–Crippen MR) is 126 cm³/mol. The van der Waals surface area contributed by atoms with E-state index in [9.17, 15) is 13.2 Å². The normalized spacial score (nSPS) is 17.3. The highest BCUT2D eigenvalue weighted by molar-refractivity contribution is 7.89. The predicted octanol–water partition coefficient (Wildman–Crippen LogP) is 4.16. The van der Waals surface area contributed by atoms with Crippen molar-refractivity contribution in [1.82, 2.24) is 4.72 Å². The van der Waals surface area contributed by atoms with Crippen molar-refractivity contribution >= 4 is 27.3 Å². The van der Waals surface area contributed by atoms with Crippen LogP contribution < -0.4 is 19.7 Å². The Morgan fingerprint density at radius 2 is 1.72 bits per heavy atom. The first kappa shape index (κ1) is 22.6. The standard InChI is InChI=1S/C24H31N3O4S/c1-31-22-14-13-18(17-23(22)32(29,30)26-19-9-3-4-10-19)24(28)25-20-11-5-6-12-21(20)27-15-7-2-8-16-27/h5-6,11-14,17,19,26H,2-4,7-10,15-16H2,1H3,(H,25,28). The van der Waals surface area contributed by atoms with Gasteiger partial charge in [-0.2, -0.15) is 0 Å². The average molecular weight is 458 g/mol. The SMILES string of the molecule is COc1ccc(C(=O)Nc2ccccc2N2CCCCC2)cc1S(=O)(=O)NC1CCCC1. The molecule has 2 fully saturated rings. The van der Waals surface area contributed by atoms with Gasteiger partial charge in [-0.3, -0.25) is 4.79 Å². The lowest BCUT2D eigenvalue weighted by Crippen LogP contribution is -2.33. The minimum absolute atomic E-state index is 0.0103. The van der Waals surface area contributed by atoms with Crippen molar-refractivity contribution < 1.29 is 17.9 Å². The highest BCUT2D eigenvalue weighted by Gasteiger charge is 2.27. The number of hydrogen-bond donors (Lipinski definition) is 2. The van der Waals surface area contributed by atoms with Gasteiger partial charge in [-0.1, -0.05) is 25.0 Å². The summed E-state index contributed by atoms with van der Waals surface area (Å²) < 4.78 is 34.1. The van der Waals surface area contributed by atoms with E-state index in [1.165, 1.54) is 25.7 Å². The van der Waals surface area contributed by atoms with Gasteiger partial charge in [0.1, 0.15) is 10.6 Å². The van der Waals surface area contributed by atoms with E-state index < -0.39 is 10.0 Å². The van der Waals surface area contributed by atoms with Crippen LogP contribution in [0.5, 0.6) is 5.75 Å². The van der Waals surface area contributed by atoms with Crippen LogP contribution in [0, 0.1) is 0 Å². The Balaban J connectivity index is 1.58. The van der Waals surface area contributed by atoms with Gasteiger partial charge in [0.05, 0.1) is 18.5 Å². The Morgan fingerprint density at radius 1 is 1.00 bits per heavy atom. The van der Waals surface area contributed by atoms with Gasteiger partial charge in [-0.15, -0.1) is 0 Å². The van der Waals surface area contributed by atoms with Crippen LogP contribution in [0.15, 0.2) is 47.4 Å². The number of ether oxygens (including phenoxy) is 1. The average Bonchev–Trinajstić information content (AvgIpc) is 3.32. The molecule has 2 aromatic carbocycles. The Labute approximate surface area is 190 Å². The number of amides is 1. The molecule has 172 valence electrons. The molecule has 1 amide bonds. The van der Waals surface area contributed by atoms with Crippen LogP contribution in [0.2, 0.25) is 0 Å². The summed E-state index contributed by atoms with van der Waals surface area (Å²) >= 11 is 0. The zero-order valence-electron chi connectivity index (χ0n) is 18.5. The van der Waals surface area contributed by atoms with Crippen molar-refractivity contribution in [2.45, 2.75) is 55.9 Å². The summed E-state index contributed by atoms with van der Waals surface area (Å²) in [6.07, 6.45) is 7.19. The van der Waals surface area contributed by atoms with Crippen LogP contribution >= 0.6 is 0 Å². The van der Waals surface area contributed by atoms with Crippen molar-refractivity contribution in [3.05, 3.63) is 48.0 Å². The molecule has 1 heterocycles. The van der Waals surface area contributed by atoms with E-state index in [-0.39, 0.29) is 28.2 Å². The van der Waals surface area contributed by atoms with Gasteiger partial charge in [0, 0.05) is 24.7 Å². The van der Waals surface area contributed by atoms with Crippen LogP contribution in [0.3, 0.4) is 0 Å². The van der Waals surface area contributed by atoms with E-state index in [1.54, 1.807) is 6.07 Å². The summed E-state index contributed by atoms with van der Waals surface area (Å²) in [6.45, 7) is 1.93. The molecule has 4 rings (SSSR count). The molecular formula is C24H31N3O4S. The number of hydrogen-bond acceptors (Lipinski definition) is 5. The highest BCUT2D eigenvalue weighted by atomic mass is 32.2. The maximum Gasteiger partial charge on any atom is 0.255 e. The lowest BCUT2D eigenvalue weighted by molar-refractivity contribution is 0.102. The first-order valence-corrected chi connectivity index (χ1v) is 12.8. The van der Waals surface area contributed by atoms with Crippen molar-refractivity contribution in [1.29, 1.82) is 0 Å². The monoisotopic (exact) mass is 457 g/mol. The Morgan fingerprint density at radius 3 is 2.44 bits per heavy atom. The molecule has 0 bridgehead atoms. The number of sulfonamides is 1. The number of carbonyl (C=O) groups is 1. The Hall–Kier alpha value is -2.58. The molecule has 1 aliphatic heterocycles. The minimum Gasteiger partial charge on any atom is -0.495 e. The van der Waals surface area contributed by atoms with Gasteiger partial charge < -0.3 is 15.0 Å². The summed E-state index contributed by atoms with van der Waals surface area (Å²) in [5.41, 5.74) is 1.99. The van der Waals surface area contributed by atoms with E-state index in [1.807, 2.05) is 24.3 Å². The number of rotatable bonds is 7. The fraction of sp³-hybridized carbons (Fsp3) is 0.458. The number of para-hydroxylation sites is 2. The van der Waals surface area contributed by atoms with Crippen molar-refractivity contribution in [2.24, 2.45) is 0 Å². The van der Waals surface area contributed by atoms with E-state index in [0.29, 0.717) is 0 Å². The molecule has 1 saturated heterocycles. The molecule has 0 spiro atoms. The maximum atomic E-state index is 13.1. The molecule has 32 heavy (non-hydrogen) atoms. The molecule has 0 unspecified atom stereocenters. The second-order valence-corrected chi connectivity index (χ2v) is 10.2. The number of anilines is 2. The minimum atomic E-state index is -3.80. The fourth-order valence-electron chi connectivity index (χ4n) is 4.54.